The first-order chi connectivity index (χ1) is 17.7. The molecule has 0 aliphatic rings. The molecule has 0 heterocycles. The molecule has 0 unspecified atom stereocenters. The summed E-state index contributed by atoms with van der Waals surface area (Å²) in [5.41, 5.74) is 3.89. The molecule has 37 heavy (non-hydrogen) atoms. The van der Waals surface area contributed by atoms with Gasteiger partial charge in [0.25, 0.3) is 5.91 Å². The van der Waals surface area contributed by atoms with Crippen molar-refractivity contribution in [1.29, 1.82) is 0 Å². The van der Waals surface area contributed by atoms with Crippen LogP contribution in [0.1, 0.15) is 45.5 Å². The van der Waals surface area contributed by atoms with E-state index in [0.717, 1.165) is 5.56 Å². The maximum absolute atomic E-state index is 13.9. The van der Waals surface area contributed by atoms with E-state index in [-0.39, 0.29) is 4.90 Å². The van der Waals surface area contributed by atoms with Crippen molar-refractivity contribution in [2.24, 2.45) is 0 Å². The number of hydroxylamine groups is 2. The lowest BCUT2D eigenvalue weighted by atomic mass is 9.97. The molecule has 1 amide bonds. The van der Waals surface area contributed by atoms with Crippen LogP contribution in [0.15, 0.2) is 108 Å². The second kappa shape index (κ2) is 11.1. The average Bonchev–Trinajstić information content (AvgIpc) is 2.88. The van der Waals surface area contributed by atoms with Crippen LogP contribution in [0.25, 0.3) is 0 Å². The van der Waals surface area contributed by atoms with Crippen molar-refractivity contribution in [3.05, 3.63) is 137 Å². The quantitative estimate of drug-likeness (QED) is 0.235. The lowest BCUT2D eigenvalue weighted by molar-refractivity contribution is -0.175. The van der Waals surface area contributed by atoms with Crippen molar-refractivity contribution in [2.75, 3.05) is 0 Å². The minimum atomic E-state index is -4.13. The Morgan fingerprint density at radius 1 is 0.730 bits per heavy atom. The Morgan fingerprint density at radius 2 is 1.14 bits per heavy atom. The van der Waals surface area contributed by atoms with E-state index in [1.54, 1.807) is 56.3 Å². The molecule has 4 aromatic rings. The Bertz CT molecular complexity index is 1410. The molecule has 0 bridgehead atoms. The van der Waals surface area contributed by atoms with Gasteiger partial charge in [-0.15, -0.1) is 0 Å². The van der Waals surface area contributed by atoms with E-state index in [9.17, 15) is 18.4 Å². The summed E-state index contributed by atoms with van der Waals surface area (Å²) in [6, 6.07) is 28.2. The summed E-state index contributed by atoms with van der Waals surface area (Å²) in [5.74, 6) is -0.796. The average molecular weight is 515 g/mol. The molecule has 0 aromatic heterocycles. The highest BCUT2D eigenvalue weighted by Crippen LogP contribution is 2.31. The van der Waals surface area contributed by atoms with Crippen LogP contribution in [0.2, 0.25) is 0 Å². The number of amides is 1. The molecule has 0 saturated heterocycles. The first kappa shape index (κ1) is 26.3. The molecule has 4 aromatic carbocycles. The number of hydrogen-bond donors (Lipinski definition) is 2. The zero-order valence-corrected chi connectivity index (χ0v) is 21.8. The molecule has 0 aliphatic carbocycles. The number of carbonyl (C=O) groups excluding carboxylic acids is 1. The number of benzene rings is 4. The second-order valence-electron chi connectivity index (χ2n) is 9.10. The molecule has 0 saturated carbocycles. The minimum Gasteiger partial charge on any atom is -0.285 e. The molecule has 1 atom stereocenters. The van der Waals surface area contributed by atoms with Gasteiger partial charge in [0.05, 0.1) is 4.90 Å². The van der Waals surface area contributed by atoms with Crippen molar-refractivity contribution in [3.63, 3.8) is 0 Å². The summed E-state index contributed by atoms with van der Waals surface area (Å²) >= 11 is 0. The van der Waals surface area contributed by atoms with Gasteiger partial charge in [-0.1, -0.05) is 109 Å². The van der Waals surface area contributed by atoms with Gasteiger partial charge in [0.1, 0.15) is 12.1 Å². The summed E-state index contributed by atoms with van der Waals surface area (Å²) in [6.45, 7) is 5.36. The van der Waals surface area contributed by atoms with Gasteiger partial charge >= 0.3 is 0 Å². The van der Waals surface area contributed by atoms with Gasteiger partial charge < -0.3 is 0 Å². The van der Waals surface area contributed by atoms with Crippen molar-refractivity contribution in [3.8, 4) is 0 Å². The highest BCUT2D eigenvalue weighted by atomic mass is 32.2. The molecule has 7 heteroatoms. The highest BCUT2D eigenvalue weighted by molar-refractivity contribution is 7.89. The molecule has 0 aliphatic heterocycles. The van der Waals surface area contributed by atoms with Gasteiger partial charge in [0, 0.05) is 0 Å². The van der Waals surface area contributed by atoms with E-state index >= 15 is 0 Å². The highest BCUT2D eigenvalue weighted by Gasteiger charge is 2.35. The van der Waals surface area contributed by atoms with Crippen LogP contribution in [0.5, 0.6) is 0 Å². The van der Waals surface area contributed by atoms with E-state index < -0.39 is 28.0 Å². The summed E-state index contributed by atoms with van der Waals surface area (Å²) in [4.78, 5) is 14.0. The summed E-state index contributed by atoms with van der Waals surface area (Å²) in [6.07, 6.45) is 0. The van der Waals surface area contributed by atoms with Crippen LogP contribution in [0, 0.1) is 20.8 Å². The molecule has 0 radical (unpaired) electrons. The van der Waals surface area contributed by atoms with Crippen molar-refractivity contribution >= 4 is 15.9 Å². The van der Waals surface area contributed by atoms with Gasteiger partial charge in [0.15, 0.2) is 0 Å². The van der Waals surface area contributed by atoms with E-state index in [1.807, 2.05) is 67.6 Å². The standard InChI is InChI=1S/C30H30N2O4S/c1-21-19-22(2)29(23(3)20-21)37(35,36)31-27(24-13-7-4-8-14-24)30(33)32(34)28(25-15-9-5-10-16-25)26-17-11-6-12-18-26/h4-20,27-28,31,34H,1-3H3/t27-/m1/s1. The first-order valence-electron chi connectivity index (χ1n) is 12.0. The fourth-order valence-corrected chi connectivity index (χ4v) is 6.35. The van der Waals surface area contributed by atoms with Crippen molar-refractivity contribution in [2.45, 2.75) is 37.8 Å². The Hall–Kier alpha value is -3.78. The van der Waals surface area contributed by atoms with E-state index in [0.29, 0.717) is 32.9 Å². The van der Waals surface area contributed by atoms with Crippen LogP contribution < -0.4 is 4.72 Å². The molecule has 4 rings (SSSR count). The number of nitrogens with zero attached hydrogens (tertiary/aromatic N) is 1. The fraction of sp³-hybridized carbons (Fsp3) is 0.167. The van der Waals surface area contributed by atoms with Crippen LogP contribution >= 0.6 is 0 Å². The Morgan fingerprint density at radius 3 is 1.57 bits per heavy atom. The largest absolute Gasteiger partial charge is 0.285 e. The van der Waals surface area contributed by atoms with Gasteiger partial charge in [-0.3, -0.25) is 10.0 Å². The van der Waals surface area contributed by atoms with Gasteiger partial charge in [-0.2, -0.15) is 4.72 Å². The van der Waals surface area contributed by atoms with E-state index in [4.69, 9.17) is 0 Å². The number of nitrogens with one attached hydrogen (secondary N) is 1. The van der Waals surface area contributed by atoms with E-state index in [1.165, 1.54) is 0 Å². The Balaban J connectivity index is 1.78. The zero-order valence-electron chi connectivity index (χ0n) is 21.0. The van der Waals surface area contributed by atoms with Crippen molar-refractivity contribution in [1.82, 2.24) is 9.79 Å². The second-order valence-corrected chi connectivity index (χ2v) is 10.8. The lowest BCUT2D eigenvalue weighted by Crippen LogP contribution is -2.43. The predicted octanol–water partition coefficient (Wildman–Crippen LogP) is 5.64. The smallest absolute Gasteiger partial charge is 0.269 e. The normalized spacial score (nSPS) is 12.4. The number of carbonyl (C=O) groups is 1. The zero-order chi connectivity index (χ0) is 26.6. The van der Waals surface area contributed by atoms with Crippen LogP contribution in [-0.4, -0.2) is 24.6 Å². The summed E-state index contributed by atoms with van der Waals surface area (Å²) in [5, 5.41) is 12.0. The topological polar surface area (TPSA) is 86.7 Å². The van der Waals surface area contributed by atoms with Crippen molar-refractivity contribution < 1.29 is 18.4 Å². The summed E-state index contributed by atoms with van der Waals surface area (Å²) in [7, 11) is -4.13. The molecule has 2 N–H and O–H groups in total. The van der Waals surface area contributed by atoms with Gasteiger partial charge in [-0.25, -0.2) is 13.5 Å². The molecular weight excluding hydrogens is 484 g/mol. The maximum Gasteiger partial charge on any atom is 0.269 e. The molecule has 6 nitrogen and oxygen atoms in total. The van der Waals surface area contributed by atoms with Gasteiger partial charge in [-0.05, 0) is 48.6 Å². The lowest BCUT2D eigenvalue weighted by Gasteiger charge is -2.30. The maximum atomic E-state index is 13.9. The summed E-state index contributed by atoms with van der Waals surface area (Å²) < 4.78 is 29.9. The fourth-order valence-electron chi connectivity index (χ4n) is 4.72. The first-order valence-corrected chi connectivity index (χ1v) is 13.4. The Kier molecular flexibility index (Phi) is 7.88. The number of rotatable bonds is 8. The molecule has 0 fully saturated rings. The third-order valence-corrected chi connectivity index (χ3v) is 7.95. The molecule has 190 valence electrons. The third-order valence-electron chi connectivity index (χ3n) is 6.23. The number of aryl methyl sites for hydroxylation is 3. The van der Waals surface area contributed by atoms with Crippen LogP contribution in [-0.2, 0) is 14.8 Å². The minimum absolute atomic E-state index is 0.124. The molecular formula is C30H30N2O4S. The SMILES string of the molecule is Cc1cc(C)c(S(=O)(=O)N[C@@H](C(=O)N(O)C(c2ccccc2)c2ccccc2)c2ccccc2)c(C)c1. The Labute approximate surface area is 218 Å². The van der Waals surface area contributed by atoms with Gasteiger partial charge in [0.2, 0.25) is 10.0 Å². The third kappa shape index (κ3) is 5.80. The van der Waals surface area contributed by atoms with Crippen LogP contribution in [0.3, 0.4) is 0 Å². The van der Waals surface area contributed by atoms with Crippen LogP contribution in [0.4, 0.5) is 0 Å². The molecule has 0 spiro atoms. The number of sulfonamides is 1. The monoisotopic (exact) mass is 514 g/mol. The number of hydrogen-bond acceptors (Lipinski definition) is 4. The predicted molar refractivity (Wildman–Crippen MR) is 144 cm³/mol. The van der Waals surface area contributed by atoms with E-state index in [2.05, 4.69) is 4.72 Å².